The van der Waals surface area contributed by atoms with Gasteiger partial charge in [0.15, 0.2) is 12.4 Å². The quantitative estimate of drug-likeness (QED) is 0.613. The summed E-state index contributed by atoms with van der Waals surface area (Å²) in [5.74, 6) is 0. The van der Waals surface area contributed by atoms with Crippen molar-refractivity contribution >= 4 is 5.71 Å². The van der Waals surface area contributed by atoms with E-state index in [4.69, 9.17) is 14.3 Å². The Morgan fingerprint density at radius 2 is 2.08 bits per heavy atom. The van der Waals surface area contributed by atoms with E-state index in [1.165, 1.54) is 0 Å². The topological polar surface area (TPSA) is 40.0 Å². The first-order valence-electron chi connectivity index (χ1n) is 4.70. The molecule has 1 heterocycles. The molecule has 1 rings (SSSR count). The first kappa shape index (κ1) is 10.5. The molecular formula is C9H17NO3. The first-order chi connectivity index (χ1) is 6.27. The Morgan fingerprint density at radius 1 is 1.46 bits per heavy atom. The van der Waals surface area contributed by atoms with Crippen LogP contribution >= 0.6 is 0 Å². The summed E-state index contributed by atoms with van der Waals surface area (Å²) in [5.41, 5.74) is 0.995. The maximum atomic E-state index is 5.39. The predicted octanol–water partition coefficient (Wildman–Crippen LogP) is 1.55. The molecule has 0 amide bonds. The van der Waals surface area contributed by atoms with E-state index >= 15 is 0 Å². The van der Waals surface area contributed by atoms with E-state index in [1.807, 2.05) is 20.8 Å². The molecule has 0 aliphatic carbocycles. The van der Waals surface area contributed by atoms with Crippen LogP contribution in [0.25, 0.3) is 0 Å². The molecule has 76 valence electrons. The predicted molar refractivity (Wildman–Crippen MR) is 49.6 cm³/mol. The highest BCUT2D eigenvalue weighted by molar-refractivity contribution is 5.82. The Labute approximate surface area is 78.8 Å². The Balaban J connectivity index is 2.37. The van der Waals surface area contributed by atoms with Crippen LogP contribution in [-0.2, 0) is 14.3 Å². The minimum absolute atomic E-state index is 0.0695. The zero-order chi connectivity index (χ0) is 9.68. The molecule has 0 aromatic heterocycles. The smallest absolute Gasteiger partial charge is 0.197 e. The van der Waals surface area contributed by atoms with Crippen molar-refractivity contribution in [2.24, 2.45) is 5.16 Å². The number of rotatable bonds is 5. The molecule has 1 aliphatic heterocycles. The van der Waals surface area contributed by atoms with Crippen LogP contribution in [0, 0.1) is 0 Å². The molecule has 4 nitrogen and oxygen atoms in total. The van der Waals surface area contributed by atoms with Crippen molar-refractivity contribution < 1.29 is 14.3 Å². The summed E-state index contributed by atoms with van der Waals surface area (Å²) >= 11 is 0. The van der Waals surface area contributed by atoms with Gasteiger partial charge in [0.2, 0.25) is 0 Å². The molecule has 0 radical (unpaired) electrons. The van der Waals surface area contributed by atoms with E-state index in [0.29, 0.717) is 13.2 Å². The molecule has 0 aromatic rings. The lowest BCUT2D eigenvalue weighted by Gasteiger charge is -2.20. The van der Waals surface area contributed by atoms with Gasteiger partial charge in [0.05, 0.1) is 5.71 Å². The molecular weight excluding hydrogens is 170 g/mol. The molecule has 0 bridgehead atoms. The Bertz CT molecular complexity index is 176. The third-order valence-electron chi connectivity index (χ3n) is 1.81. The highest BCUT2D eigenvalue weighted by atomic mass is 16.7. The summed E-state index contributed by atoms with van der Waals surface area (Å²) in [7, 11) is 0. The molecule has 0 fully saturated rings. The second-order valence-electron chi connectivity index (χ2n) is 2.95. The van der Waals surface area contributed by atoms with Gasteiger partial charge in [-0.25, -0.2) is 0 Å². The van der Waals surface area contributed by atoms with Gasteiger partial charge in [0.25, 0.3) is 0 Å². The fraction of sp³-hybridized carbons (Fsp3) is 0.889. The fourth-order valence-corrected chi connectivity index (χ4v) is 1.26. The summed E-state index contributed by atoms with van der Waals surface area (Å²) in [5, 5.41) is 3.86. The van der Waals surface area contributed by atoms with Gasteiger partial charge in [0, 0.05) is 19.6 Å². The number of nitrogens with zero attached hydrogens (tertiary/aromatic N) is 1. The molecule has 0 spiro atoms. The van der Waals surface area contributed by atoms with Crippen LogP contribution in [-0.4, -0.2) is 31.3 Å². The van der Waals surface area contributed by atoms with E-state index in [2.05, 4.69) is 5.16 Å². The van der Waals surface area contributed by atoms with Gasteiger partial charge < -0.3 is 14.3 Å². The van der Waals surface area contributed by atoms with Crippen molar-refractivity contribution in [3.63, 3.8) is 0 Å². The second kappa shape index (κ2) is 5.19. The van der Waals surface area contributed by atoms with Crippen molar-refractivity contribution in [1.29, 1.82) is 0 Å². The highest BCUT2D eigenvalue weighted by Crippen LogP contribution is 2.17. The minimum atomic E-state index is -0.281. The summed E-state index contributed by atoms with van der Waals surface area (Å²) in [6.45, 7) is 7.07. The lowest BCUT2D eigenvalue weighted by atomic mass is 10.2. The van der Waals surface area contributed by atoms with Crippen LogP contribution < -0.4 is 0 Å². The number of oxime groups is 1. The van der Waals surface area contributed by atoms with Crippen LogP contribution in [0.15, 0.2) is 5.16 Å². The fourth-order valence-electron chi connectivity index (χ4n) is 1.26. The third-order valence-corrected chi connectivity index (χ3v) is 1.81. The standard InChI is InChI=1S/C9H17NO3/c1-4-11-9(12-5-2)8-6-7(3)10-13-8/h8-9H,4-6H2,1-3H3. The van der Waals surface area contributed by atoms with Gasteiger partial charge in [-0.05, 0) is 20.8 Å². The molecule has 1 unspecified atom stereocenters. The van der Waals surface area contributed by atoms with Crippen molar-refractivity contribution in [1.82, 2.24) is 0 Å². The van der Waals surface area contributed by atoms with Gasteiger partial charge in [-0.1, -0.05) is 5.16 Å². The van der Waals surface area contributed by atoms with Crippen molar-refractivity contribution in [2.45, 2.75) is 39.6 Å². The molecule has 13 heavy (non-hydrogen) atoms. The number of hydrogen-bond donors (Lipinski definition) is 0. The molecule has 0 aromatic carbocycles. The lowest BCUT2D eigenvalue weighted by molar-refractivity contribution is -0.196. The maximum Gasteiger partial charge on any atom is 0.197 e. The number of hydrogen-bond acceptors (Lipinski definition) is 4. The summed E-state index contributed by atoms with van der Waals surface area (Å²) in [6, 6.07) is 0. The zero-order valence-corrected chi connectivity index (χ0v) is 8.45. The normalized spacial score (nSPS) is 21.8. The van der Waals surface area contributed by atoms with Crippen molar-refractivity contribution in [3.05, 3.63) is 0 Å². The Morgan fingerprint density at radius 3 is 2.46 bits per heavy atom. The van der Waals surface area contributed by atoms with E-state index < -0.39 is 0 Å². The zero-order valence-electron chi connectivity index (χ0n) is 8.45. The summed E-state index contributed by atoms with van der Waals surface area (Å²) < 4.78 is 10.8. The highest BCUT2D eigenvalue weighted by Gasteiger charge is 2.28. The summed E-state index contributed by atoms with van der Waals surface area (Å²) in [4.78, 5) is 5.17. The minimum Gasteiger partial charge on any atom is -0.387 e. The SMILES string of the molecule is CCOC(OCC)C1CC(C)=NO1. The lowest BCUT2D eigenvalue weighted by Crippen LogP contribution is -2.32. The first-order valence-corrected chi connectivity index (χ1v) is 4.70. The van der Waals surface area contributed by atoms with Gasteiger partial charge >= 0.3 is 0 Å². The van der Waals surface area contributed by atoms with Crippen molar-refractivity contribution in [3.8, 4) is 0 Å². The van der Waals surface area contributed by atoms with E-state index in [9.17, 15) is 0 Å². The number of ether oxygens (including phenoxy) is 2. The van der Waals surface area contributed by atoms with Crippen LogP contribution in [0.3, 0.4) is 0 Å². The van der Waals surface area contributed by atoms with E-state index in [1.54, 1.807) is 0 Å². The monoisotopic (exact) mass is 187 g/mol. The molecule has 0 saturated carbocycles. The average molecular weight is 187 g/mol. The molecule has 1 aliphatic rings. The van der Waals surface area contributed by atoms with Crippen LogP contribution in [0.2, 0.25) is 0 Å². The van der Waals surface area contributed by atoms with Crippen LogP contribution in [0.4, 0.5) is 0 Å². The molecule has 1 atom stereocenters. The van der Waals surface area contributed by atoms with Gasteiger partial charge in [-0.3, -0.25) is 0 Å². The van der Waals surface area contributed by atoms with E-state index in [-0.39, 0.29) is 12.4 Å². The molecule has 4 heteroatoms. The Kier molecular flexibility index (Phi) is 4.18. The summed E-state index contributed by atoms with van der Waals surface area (Å²) in [6.07, 6.45) is 0.445. The Hall–Kier alpha value is -0.610. The van der Waals surface area contributed by atoms with E-state index in [0.717, 1.165) is 12.1 Å². The maximum absolute atomic E-state index is 5.39. The van der Waals surface area contributed by atoms with Crippen molar-refractivity contribution in [2.75, 3.05) is 13.2 Å². The van der Waals surface area contributed by atoms with Crippen LogP contribution in [0.1, 0.15) is 27.2 Å². The second-order valence-corrected chi connectivity index (χ2v) is 2.95. The molecule has 0 N–H and O–H groups in total. The van der Waals surface area contributed by atoms with Gasteiger partial charge in [-0.15, -0.1) is 0 Å². The van der Waals surface area contributed by atoms with Gasteiger partial charge in [-0.2, -0.15) is 0 Å². The third kappa shape index (κ3) is 2.97. The largest absolute Gasteiger partial charge is 0.387 e. The molecule has 0 saturated heterocycles. The van der Waals surface area contributed by atoms with Gasteiger partial charge in [0.1, 0.15) is 0 Å². The van der Waals surface area contributed by atoms with Crippen LogP contribution in [0.5, 0.6) is 0 Å². The average Bonchev–Trinajstić information content (AvgIpc) is 2.51.